The Labute approximate surface area is 184 Å². The molecule has 1 fully saturated rings. The van der Waals surface area contributed by atoms with E-state index in [0.29, 0.717) is 6.42 Å². The summed E-state index contributed by atoms with van der Waals surface area (Å²) in [6.45, 7) is 5.69. The Morgan fingerprint density at radius 3 is 2.45 bits per heavy atom. The molecule has 9 heteroatoms. The maximum absolute atomic E-state index is 12.7. The fourth-order valence-corrected chi connectivity index (χ4v) is 5.19. The largest absolute Gasteiger partial charge is 0.304 e. The van der Waals surface area contributed by atoms with E-state index in [1.165, 1.54) is 19.2 Å². The molecule has 0 aromatic heterocycles. The van der Waals surface area contributed by atoms with E-state index >= 15 is 0 Å². The van der Waals surface area contributed by atoms with Crippen molar-refractivity contribution in [2.45, 2.75) is 37.0 Å². The summed E-state index contributed by atoms with van der Waals surface area (Å²) >= 11 is 12.0. The Hall–Kier alpha value is -0.700. The third kappa shape index (κ3) is 7.49. The van der Waals surface area contributed by atoms with E-state index in [4.69, 9.17) is 23.2 Å². The van der Waals surface area contributed by atoms with Crippen molar-refractivity contribution < 1.29 is 13.2 Å². The zero-order valence-corrected chi connectivity index (χ0v) is 19.6. The van der Waals surface area contributed by atoms with Crippen molar-refractivity contribution in [3.8, 4) is 0 Å². The molecular weight excluding hydrogens is 433 g/mol. The SMILES string of the molecule is CN1CCN(CCCCCC(=O)CCN(C)S(=O)(=O)c2cccc(Cl)c2Cl)CC1. The van der Waals surface area contributed by atoms with Gasteiger partial charge in [0.1, 0.15) is 10.7 Å². The number of carbonyl (C=O) groups excluding carboxylic acids is 1. The van der Waals surface area contributed by atoms with Gasteiger partial charge in [0.2, 0.25) is 10.0 Å². The summed E-state index contributed by atoms with van der Waals surface area (Å²) in [7, 11) is -0.175. The highest BCUT2D eigenvalue weighted by molar-refractivity contribution is 7.89. The van der Waals surface area contributed by atoms with Gasteiger partial charge in [0.05, 0.1) is 10.0 Å². The van der Waals surface area contributed by atoms with E-state index < -0.39 is 10.0 Å². The van der Waals surface area contributed by atoms with Crippen molar-refractivity contribution in [2.24, 2.45) is 0 Å². The number of halogens is 2. The highest BCUT2D eigenvalue weighted by Gasteiger charge is 2.25. The summed E-state index contributed by atoms with van der Waals surface area (Å²) in [6, 6.07) is 4.50. The minimum atomic E-state index is -3.78. The summed E-state index contributed by atoms with van der Waals surface area (Å²) in [5.41, 5.74) is 0. The molecule has 2 rings (SSSR count). The lowest BCUT2D eigenvalue weighted by Gasteiger charge is -2.32. The first-order valence-electron chi connectivity index (χ1n) is 10.0. The second kappa shape index (κ2) is 11.6. The molecule has 164 valence electrons. The van der Waals surface area contributed by atoms with Crippen LogP contribution in [0.4, 0.5) is 0 Å². The molecule has 29 heavy (non-hydrogen) atoms. The first-order chi connectivity index (χ1) is 13.7. The van der Waals surface area contributed by atoms with Crippen LogP contribution in [0.1, 0.15) is 32.1 Å². The number of nitrogens with zero attached hydrogens (tertiary/aromatic N) is 3. The molecule has 1 saturated heterocycles. The summed E-state index contributed by atoms with van der Waals surface area (Å²) in [6.07, 6.45) is 3.66. The van der Waals surface area contributed by atoms with Gasteiger partial charge in [0, 0.05) is 52.6 Å². The highest BCUT2D eigenvalue weighted by atomic mass is 35.5. The first-order valence-corrected chi connectivity index (χ1v) is 12.2. The van der Waals surface area contributed by atoms with Crippen LogP contribution in [0.2, 0.25) is 10.0 Å². The zero-order valence-electron chi connectivity index (χ0n) is 17.2. The van der Waals surface area contributed by atoms with Gasteiger partial charge in [-0.25, -0.2) is 12.7 Å². The fourth-order valence-electron chi connectivity index (χ4n) is 3.28. The lowest BCUT2D eigenvalue weighted by Crippen LogP contribution is -2.44. The average molecular weight is 464 g/mol. The molecular formula is C20H31Cl2N3O3S. The van der Waals surface area contributed by atoms with E-state index in [-0.39, 0.29) is 33.7 Å². The summed E-state index contributed by atoms with van der Waals surface area (Å²) < 4.78 is 26.5. The number of unbranched alkanes of at least 4 members (excludes halogenated alkanes) is 2. The molecule has 0 aliphatic carbocycles. The van der Waals surface area contributed by atoms with Gasteiger partial charge in [-0.05, 0) is 38.6 Å². The molecule has 0 atom stereocenters. The molecule has 0 N–H and O–H groups in total. The fraction of sp³-hybridized carbons (Fsp3) is 0.650. The van der Waals surface area contributed by atoms with Crippen LogP contribution in [0.25, 0.3) is 0 Å². The topological polar surface area (TPSA) is 60.9 Å². The van der Waals surface area contributed by atoms with Crippen molar-refractivity contribution >= 4 is 39.0 Å². The van der Waals surface area contributed by atoms with Gasteiger partial charge in [-0.1, -0.05) is 35.7 Å². The molecule has 1 aliphatic heterocycles. The second-order valence-corrected chi connectivity index (χ2v) is 10.4. The van der Waals surface area contributed by atoms with Gasteiger partial charge in [-0.3, -0.25) is 4.79 Å². The minimum Gasteiger partial charge on any atom is -0.304 e. The standard InChI is InChI=1S/C20H31Cl2N3O3S/c1-23-13-15-25(16-14-23)11-5-3-4-7-17(26)10-12-24(2)29(27,28)19-9-6-8-18(21)20(19)22/h6,8-9H,3-5,7,10-16H2,1-2H3. The Bertz CT molecular complexity index is 781. The van der Waals surface area contributed by atoms with Crippen molar-refractivity contribution in [3.05, 3.63) is 28.2 Å². The molecule has 6 nitrogen and oxygen atoms in total. The Morgan fingerprint density at radius 1 is 1.07 bits per heavy atom. The summed E-state index contributed by atoms with van der Waals surface area (Å²) in [5.74, 6) is 0.0869. The monoisotopic (exact) mass is 463 g/mol. The molecule has 0 unspecified atom stereocenters. The highest BCUT2D eigenvalue weighted by Crippen LogP contribution is 2.30. The van der Waals surface area contributed by atoms with Crippen molar-refractivity contribution in [1.29, 1.82) is 0 Å². The maximum atomic E-state index is 12.7. The number of hydrogen-bond acceptors (Lipinski definition) is 5. The minimum absolute atomic E-state index is 0.00712. The average Bonchev–Trinajstić information content (AvgIpc) is 2.69. The van der Waals surface area contributed by atoms with Crippen molar-refractivity contribution in [2.75, 3.05) is 53.4 Å². The molecule has 1 aromatic rings. The van der Waals surface area contributed by atoms with Crippen LogP contribution < -0.4 is 0 Å². The molecule has 0 spiro atoms. The third-order valence-corrected chi connectivity index (χ3v) is 8.17. The van der Waals surface area contributed by atoms with Crippen molar-refractivity contribution in [1.82, 2.24) is 14.1 Å². The van der Waals surface area contributed by atoms with Crippen LogP contribution >= 0.6 is 23.2 Å². The molecule has 0 amide bonds. The Balaban J connectivity index is 1.67. The van der Waals surface area contributed by atoms with Gasteiger partial charge < -0.3 is 9.80 Å². The molecule has 0 saturated carbocycles. The molecule has 1 heterocycles. The van der Waals surface area contributed by atoms with Crippen LogP contribution in [-0.2, 0) is 14.8 Å². The van der Waals surface area contributed by atoms with Gasteiger partial charge in [0.15, 0.2) is 0 Å². The second-order valence-electron chi connectivity index (χ2n) is 7.62. The quantitative estimate of drug-likeness (QED) is 0.470. The van der Waals surface area contributed by atoms with Crippen LogP contribution in [0, 0.1) is 0 Å². The van der Waals surface area contributed by atoms with Crippen LogP contribution in [0.15, 0.2) is 23.1 Å². The number of benzene rings is 1. The van der Waals surface area contributed by atoms with Crippen LogP contribution in [0.3, 0.4) is 0 Å². The van der Waals surface area contributed by atoms with Gasteiger partial charge in [-0.15, -0.1) is 0 Å². The number of likely N-dealkylation sites (N-methyl/N-ethyl adjacent to an activating group) is 1. The first kappa shape index (κ1) is 24.6. The third-order valence-electron chi connectivity index (χ3n) is 5.34. The predicted molar refractivity (Wildman–Crippen MR) is 118 cm³/mol. The van der Waals surface area contributed by atoms with Gasteiger partial charge in [0.25, 0.3) is 0 Å². The molecule has 1 aliphatic rings. The van der Waals surface area contributed by atoms with E-state index in [1.54, 1.807) is 6.07 Å². The maximum Gasteiger partial charge on any atom is 0.244 e. The number of Topliss-reactive ketones (excluding diaryl/α,β-unsaturated/α-hetero) is 1. The number of hydrogen-bond donors (Lipinski definition) is 0. The van der Waals surface area contributed by atoms with E-state index in [2.05, 4.69) is 16.8 Å². The van der Waals surface area contributed by atoms with Gasteiger partial charge in [-0.2, -0.15) is 0 Å². The molecule has 1 aromatic carbocycles. The summed E-state index contributed by atoms with van der Waals surface area (Å²) in [4.78, 5) is 16.9. The number of piperazine rings is 1. The lowest BCUT2D eigenvalue weighted by atomic mass is 10.1. The van der Waals surface area contributed by atoms with Gasteiger partial charge >= 0.3 is 0 Å². The smallest absolute Gasteiger partial charge is 0.244 e. The van der Waals surface area contributed by atoms with Crippen LogP contribution in [0.5, 0.6) is 0 Å². The van der Waals surface area contributed by atoms with Crippen molar-refractivity contribution in [3.63, 3.8) is 0 Å². The van der Waals surface area contributed by atoms with E-state index in [1.807, 2.05) is 0 Å². The predicted octanol–water partition coefficient (Wildman–Crippen LogP) is 3.38. The van der Waals surface area contributed by atoms with E-state index in [9.17, 15) is 13.2 Å². The summed E-state index contributed by atoms with van der Waals surface area (Å²) in [5, 5.41) is 0.196. The van der Waals surface area contributed by atoms with E-state index in [0.717, 1.165) is 56.3 Å². The number of sulfonamides is 1. The number of ketones is 1. The van der Waals surface area contributed by atoms with Crippen LogP contribution in [-0.4, -0.2) is 81.7 Å². The number of rotatable bonds is 11. The Kier molecular flexibility index (Phi) is 9.85. The molecule has 0 radical (unpaired) electrons. The molecule has 0 bridgehead atoms. The zero-order chi connectivity index (χ0) is 21.4. The Morgan fingerprint density at radius 2 is 1.76 bits per heavy atom. The number of carbonyl (C=O) groups is 1. The normalized spacial score (nSPS) is 16.4. The lowest BCUT2D eigenvalue weighted by molar-refractivity contribution is -0.119.